The Morgan fingerprint density at radius 1 is 1.22 bits per heavy atom. The highest BCUT2D eigenvalue weighted by atomic mass is 32.1. The third-order valence-electron chi connectivity index (χ3n) is 3.26. The lowest BCUT2D eigenvalue weighted by Gasteiger charge is -2.37. The van der Waals surface area contributed by atoms with Gasteiger partial charge >= 0.3 is 0 Å². The third-order valence-corrected chi connectivity index (χ3v) is 3.45. The van der Waals surface area contributed by atoms with Crippen LogP contribution in [0, 0.1) is 0 Å². The summed E-state index contributed by atoms with van der Waals surface area (Å²) in [6.45, 7) is 8.38. The molecule has 1 aromatic heterocycles. The Morgan fingerprint density at radius 2 is 1.83 bits per heavy atom. The van der Waals surface area contributed by atoms with E-state index in [0.717, 1.165) is 32.0 Å². The lowest BCUT2D eigenvalue weighted by molar-refractivity contribution is 0.209. The minimum atomic E-state index is 0.310. The highest BCUT2D eigenvalue weighted by Crippen LogP contribution is 2.17. The topological polar surface area (TPSA) is 58.3 Å². The highest BCUT2D eigenvalue weighted by Gasteiger charge is 2.22. The number of rotatable bonds is 3. The number of hydrogen-bond donors (Lipinski definition) is 1. The molecule has 2 heterocycles. The zero-order chi connectivity index (χ0) is 13.1. The van der Waals surface area contributed by atoms with E-state index in [1.54, 1.807) is 12.4 Å². The first-order valence-electron chi connectivity index (χ1n) is 6.19. The zero-order valence-electron chi connectivity index (χ0n) is 10.8. The van der Waals surface area contributed by atoms with Gasteiger partial charge in [-0.05, 0) is 13.8 Å². The number of thiocarbonyl (C=S) groups is 1. The minimum Gasteiger partial charge on any atom is -0.388 e. The van der Waals surface area contributed by atoms with Crippen molar-refractivity contribution in [2.24, 2.45) is 5.73 Å². The van der Waals surface area contributed by atoms with Gasteiger partial charge in [0.05, 0.1) is 0 Å². The van der Waals surface area contributed by atoms with Crippen molar-refractivity contribution in [3.05, 3.63) is 18.1 Å². The van der Waals surface area contributed by atoms with E-state index in [2.05, 4.69) is 33.6 Å². The van der Waals surface area contributed by atoms with Gasteiger partial charge in [0.15, 0.2) is 5.82 Å². The number of anilines is 1. The molecule has 1 aliphatic heterocycles. The summed E-state index contributed by atoms with van der Waals surface area (Å²) in [5, 5.41) is 0. The number of aromatic nitrogens is 2. The molecule has 6 heteroatoms. The van der Waals surface area contributed by atoms with Gasteiger partial charge in [-0.2, -0.15) is 0 Å². The molecule has 0 aliphatic carbocycles. The minimum absolute atomic E-state index is 0.310. The van der Waals surface area contributed by atoms with Crippen molar-refractivity contribution in [2.75, 3.05) is 31.1 Å². The molecule has 0 spiro atoms. The van der Waals surface area contributed by atoms with E-state index in [1.165, 1.54) is 0 Å². The SMILES string of the molecule is CC(C)N1CCN(c2nccnc2C(N)=S)CC1. The molecule has 0 radical (unpaired) electrons. The molecular formula is C12H19N5S. The van der Waals surface area contributed by atoms with E-state index in [1.807, 2.05) is 0 Å². The van der Waals surface area contributed by atoms with E-state index in [4.69, 9.17) is 18.0 Å². The van der Waals surface area contributed by atoms with Crippen molar-refractivity contribution >= 4 is 23.0 Å². The first kappa shape index (κ1) is 13.2. The maximum atomic E-state index is 5.69. The Labute approximate surface area is 113 Å². The van der Waals surface area contributed by atoms with Crippen LogP contribution in [0.2, 0.25) is 0 Å². The van der Waals surface area contributed by atoms with Gasteiger partial charge in [0, 0.05) is 44.6 Å². The van der Waals surface area contributed by atoms with E-state index >= 15 is 0 Å². The molecule has 0 unspecified atom stereocenters. The fourth-order valence-corrected chi connectivity index (χ4v) is 2.33. The summed E-state index contributed by atoms with van der Waals surface area (Å²) in [5.74, 6) is 0.813. The Kier molecular flexibility index (Phi) is 4.08. The lowest BCUT2D eigenvalue weighted by Crippen LogP contribution is -2.49. The van der Waals surface area contributed by atoms with E-state index in [0.29, 0.717) is 16.7 Å². The van der Waals surface area contributed by atoms with Crippen LogP contribution in [-0.4, -0.2) is 52.1 Å². The van der Waals surface area contributed by atoms with Crippen LogP contribution in [0.15, 0.2) is 12.4 Å². The third kappa shape index (κ3) is 2.76. The van der Waals surface area contributed by atoms with Gasteiger partial charge in [-0.25, -0.2) is 9.97 Å². The molecule has 0 atom stereocenters. The quantitative estimate of drug-likeness (QED) is 0.810. The van der Waals surface area contributed by atoms with Gasteiger partial charge in [0.25, 0.3) is 0 Å². The van der Waals surface area contributed by atoms with Crippen LogP contribution >= 0.6 is 12.2 Å². The molecule has 1 fully saturated rings. The van der Waals surface area contributed by atoms with Gasteiger partial charge in [0.2, 0.25) is 0 Å². The molecule has 2 N–H and O–H groups in total. The normalized spacial score (nSPS) is 17.2. The molecule has 0 bridgehead atoms. The van der Waals surface area contributed by atoms with Gasteiger partial charge < -0.3 is 10.6 Å². The Hall–Kier alpha value is -1.27. The van der Waals surface area contributed by atoms with Crippen molar-refractivity contribution in [3.8, 4) is 0 Å². The van der Waals surface area contributed by atoms with Crippen molar-refractivity contribution in [2.45, 2.75) is 19.9 Å². The predicted octanol–water partition coefficient (Wildman–Crippen LogP) is 0.641. The molecule has 1 aliphatic rings. The molecule has 18 heavy (non-hydrogen) atoms. The predicted molar refractivity (Wildman–Crippen MR) is 76.8 cm³/mol. The molecule has 0 aromatic carbocycles. The van der Waals surface area contributed by atoms with Crippen LogP contribution in [0.25, 0.3) is 0 Å². The smallest absolute Gasteiger partial charge is 0.157 e. The molecule has 0 amide bonds. The standard InChI is InChI=1S/C12H19N5S/c1-9(2)16-5-7-17(8-6-16)12-10(11(13)18)14-3-4-15-12/h3-4,9H,5-8H2,1-2H3,(H2,13,18). The van der Waals surface area contributed by atoms with E-state index < -0.39 is 0 Å². The van der Waals surface area contributed by atoms with Gasteiger partial charge in [-0.15, -0.1) is 0 Å². The Morgan fingerprint density at radius 3 is 2.39 bits per heavy atom. The van der Waals surface area contributed by atoms with Crippen molar-refractivity contribution in [3.63, 3.8) is 0 Å². The van der Waals surface area contributed by atoms with Crippen LogP contribution < -0.4 is 10.6 Å². The first-order chi connectivity index (χ1) is 8.59. The van der Waals surface area contributed by atoms with Gasteiger partial charge in [-0.1, -0.05) is 12.2 Å². The van der Waals surface area contributed by atoms with Crippen LogP contribution in [0.5, 0.6) is 0 Å². The zero-order valence-corrected chi connectivity index (χ0v) is 11.7. The highest BCUT2D eigenvalue weighted by molar-refractivity contribution is 7.80. The first-order valence-corrected chi connectivity index (χ1v) is 6.60. The summed E-state index contributed by atoms with van der Waals surface area (Å²) in [7, 11) is 0. The number of nitrogens with two attached hydrogens (primary N) is 1. The maximum absolute atomic E-state index is 5.69. The van der Waals surface area contributed by atoms with Crippen molar-refractivity contribution < 1.29 is 0 Å². The average molecular weight is 265 g/mol. The largest absolute Gasteiger partial charge is 0.388 e. The van der Waals surface area contributed by atoms with Crippen LogP contribution in [-0.2, 0) is 0 Å². The maximum Gasteiger partial charge on any atom is 0.157 e. The Balaban J connectivity index is 2.12. The Bertz CT molecular complexity index is 426. The summed E-state index contributed by atoms with van der Waals surface area (Å²) in [6, 6.07) is 0.587. The monoisotopic (exact) mass is 265 g/mol. The van der Waals surface area contributed by atoms with Crippen LogP contribution in [0.4, 0.5) is 5.82 Å². The lowest BCUT2D eigenvalue weighted by atomic mass is 10.2. The van der Waals surface area contributed by atoms with Gasteiger partial charge in [0.1, 0.15) is 10.7 Å². The van der Waals surface area contributed by atoms with Crippen molar-refractivity contribution in [1.29, 1.82) is 0 Å². The number of nitrogens with zero attached hydrogens (tertiary/aromatic N) is 4. The fourth-order valence-electron chi connectivity index (χ4n) is 2.19. The van der Waals surface area contributed by atoms with Crippen LogP contribution in [0.1, 0.15) is 19.5 Å². The second-order valence-electron chi connectivity index (χ2n) is 4.71. The van der Waals surface area contributed by atoms with E-state index in [9.17, 15) is 0 Å². The molecule has 1 saturated heterocycles. The molecule has 98 valence electrons. The number of piperazine rings is 1. The molecule has 2 rings (SSSR count). The fraction of sp³-hybridized carbons (Fsp3) is 0.583. The van der Waals surface area contributed by atoms with Gasteiger partial charge in [-0.3, -0.25) is 4.90 Å². The summed E-state index contributed by atoms with van der Waals surface area (Å²) < 4.78 is 0. The molecule has 0 saturated carbocycles. The van der Waals surface area contributed by atoms with E-state index in [-0.39, 0.29) is 0 Å². The average Bonchev–Trinajstić information content (AvgIpc) is 2.39. The number of hydrogen-bond acceptors (Lipinski definition) is 5. The molecule has 5 nitrogen and oxygen atoms in total. The second-order valence-corrected chi connectivity index (χ2v) is 5.15. The summed E-state index contributed by atoms with van der Waals surface area (Å²) in [4.78, 5) is 13.6. The van der Waals surface area contributed by atoms with Crippen LogP contribution in [0.3, 0.4) is 0 Å². The molecule has 1 aromatic rings. The molecular weight excluding hydrogens is 246 g/mol. The summed E-state index contributed by atoms with van der Waals surface area (Å²) in [5.41, 5.74) is 6.32. The van der Waals surface area contributed by atoms with Crippen molar-refractivity contribution in [1.82, 2.24) is 14.9 Å². The summed E-state index contributed by atoms with van der Waals surface area (Å²) >= 11 is 5.02. The summed E-state index contributed by atoms with van der Waals surface area (Å²) in [6.07, 6.45) is 3.31. The second kappa shape index (κ2) is 5.58.